The highest BCUT2D eigenvalue weighted by Crippen LogP contribution is 2.22. The first-order valence-corrected chi connectivity index (χ1v) is 5.91. The van der Waals surface area contributed by atoms with Gasteiger partial charge in [-0.3, -0.25) is 4.98 Å². The van der Waals surface area contributed by atoms with Crippen LogP contribution in [0.15, 0.2) is 30.5 Å². The normalized spacial score (nSPS) is 11.1. The van der Waals surface area contributed by atoms with Gasteiger partial charge in [0.1, 0.15) is 0 Å². The van der Waals surface area contributed by atoms with Gasteiger partial charge in [0.25, 0.3) is 0 Å². The lowest BCUT2D eigenvalue weighted by molar-refractivity contribution is 0.425. The van der Waals surface area contributed by atoms with Crippen LogP contribution in [-0.4, -0.2) is 37.1 Å². The Morgan fingerprint density at radius 2 is 2.06 bits per heavy atom. The molecule has 1 N–H and O–H groups in total. The molecule has 17 heavy (non-hydrogen) atoms. The Kier molecular flexibility index (Phi) is 3.59. The summed E-state index contributed by atoms with van der Waals surface area (Å²) in [6.07, 6.45) is 1.86. The van der Waals surface area contributed by atoms with Crippen molar-refractivity contribution < 1.29 is 0 Å². The van der Waals surface area contributed by atoms with Crippen molar-refractivity contribution in [3.05, 3.63) is 36.0 Å². The summed E-state index contributed by atoms with van der Waals surface area (Å²) in [5, 5.41) is 4.66. The van der Waals surface area contributed by atoms with E-state index in [0.29, 0.717) is 0 Å². The van der Waals surface area contributed by atoms with Gasteiger partial charge < -0.3 is 10.2 Å². The molecule has 0 bridgehead atoms. The van der Waals surface area contributed by atoms with Crippen LogP contribution in [0.3, 0.4) is 0 Å². The molecule has 0 aliphatic carbocycles. The molecule has 0 fully saturated rings. The highest BCUT2D eigenvalue weighted by molar-refractivity contribution is 5.91. The van der Waals surface area contributed by atoms with Crippen molar-refractivity contribution in [2.75, 3.05) is 32.5 Å². The molecule has 0 saturated carbocycles. The maximum Gasteiger partial charge on any atom is 0.0722 e. The number of anilines is 1. The second-order valence-corrected chi connectivity index (χ2v) is 4.61. The highest BCUT2D eigenvalue weighted by Gasteiger charge is 2.01. The average Bonchev–Trinajstić information content (AvgIpc) is 2.29. The van der Waals surface area contributed by atoms with E-state index >= 15 is 0 Å². The number of aryl methyl sites for hydroxylation is 1. The van der Waals surface area contributed by atoms with Crippen molar-refractivity contribution in [2.24, 2.45) is 0 Å². The number of aromatic nitrogens is 1. The number of pyridine rings is 1. The third-order valence-corrected chi connectivity index (χ3v) is 2.77. The molecule has 3 heteroatoms. The van der Waals surface area contributed by atoms with Gasteiger partial charge in [-0.15, -0.1) is 0 Å². The predicted molar refractivity (Wildman–Crippen MR) is 73.5 cm³/mol. The number of hydrogen-bond donors (Lipinski definition) is 1. The van der Waals surface area contributed by atoms with E-state index in [9.17, 15) is 0 Å². The molecule has 0 spiro atoms. The zero-order valence-electron chi connectivity index (χ0n) is 10.7. The Hall–Kier alpha value is -1.61. The number of likely N-dealkylation sites (N-methyl/N-ethyl adjacent to an activating group) is 1. The van der Waals surface area contributed by atoms with Crippen LogP contribution in [0.5, 0.6) is 0 Å². The molecular formula is C14H19N3. The Labute approximate surface area is 102 Å². The molecule has 0 aliphatic rings. The fourth-order valence-corrected chi connectivity index (χ4v) is 1.83. The fourth-order valence-electron chi connectivity index (χ4n) is 1.83. The Morgan fingerprint density at radius 1 is 1.24 bits per heavy atom. The molecule has 2 rings (SSSR count). The van der Waals surface area contributed by atoms with Crippen molar-refractivity contribution in [1.82, 2.24) is 9.88 Å². The summed E-state index contributed by atoms with van der Waals surface area (Å²) in [6, 6.07) is 8.39. The molecule has 0 unspecified atom stereocenters. The Morgan fingerprint density at radius 3 is 2.82 bits per heavy atom. The SMILES string of the molecule is Cc1ccc2nccc(NCCN(C)C)c2c1. The average molecular weight is 229 g/mol. The highest BCUT2D eigenvalue weighted by atomic mass is 15.1. The van der Waals surface area contributed by atoms with E-state index in [0.717, 1.165) is 18.6 Å². The van der Waals surface area contributed by atoms with Gasteiger partial charge in [-0.2, -0.15) is 0 Å². The van der Waals surface area contributed by atoms with Crippen LogP contribution in [0.1, 0.15) is 5.56 Å². The number of rotatable bonds is 4. The third kappa shape index (κ3) is 2.94. The molecular weight excluding hydrogens is 210 g/mol. The minimum Gasteiger partial charge on any atom is -0.383 e. The van der Waals surface area contributed by atoms with Crippen molar-refractivity contribution >= 4 is 16.6 Å². The minimum atomic E-state index is 0.944. The van der Waals surface area contributed by atoms with E-state index in [1.165, 1.54) is 16.6 Å². The first-order valence-electron chi connectivity index (χ1n) is 5.91. The Bertz CT molecular complexity index is 506. The van der Waals surface area contributed by atoms with Crippen LogP contribution < -0.4 is 5.32 Å². The molecule has 0 radical (unpaired) electrons. The molecule has 0 amide bonds. The molecule has 1 heterocycles. The van der Waals surface area contributed by atoms with Gasteiger partial charge in [-0.1, -0.05) is 11.6 Å². The molecule has 3 nitrogen and oxygen atoms in total. The minimum absolute atomic E-state index is 0.944. The predicted octanol–water partition coefficient (Wildman–Crippen LogP) is 2.52. The summed E-state index contributed by atoms with van der Waals surface area (Å²) in [4.78, 5) is 6.54. The van der Waals surface area contributed by atoms with E-state index in [1.807, 2.05) is 12.3 Å². The van der Waals surface area contributed by atoms with Crippen LogP contribution >= 0.6 is 0 Å². The Balaban J connectivity index is 2.24. The number of benzene rings is 1. The summed E-state index contributed by atoms with van der Waals surface area (Å²) in [6.45, 7) is 4.08. The largest absolute Gasteiger partial charge is 0.383 e. The van der Waals surface area contributed by atoms with Crippen molar-refractivity contribution in [1.29, 1.82) is 0 Å². The number of hydrogen-bond acceptors (Lipinski definition) is 3. The molecule has 1 aromatic heterocycles. The number of fused-ring (bicyclic) bond motifs is 1. The van der Waals surface area contributed by atoms with E-state index < -0.39 is 0 Å². The van der Waals surface area contributed by atoms with Crippen LogP contribution in [0, 0.1) is 6.92 Å². The van der Waals surface area contributed by atoms with Crippen LogP contribution in [0.25, 0.3) is 10.9 Å². The summed E-state index contributed by atoms with van der Waals surface area (Å²) < 4.78 is 0. The van der Waals surface area contributed by atoms with Crippen LogP contribution in [0.2, 0.25) is 0 Å². The molecule has 0 aliphatic heterocycles. The second-order valence-electron chi connectivity index (χ2n) is 4.61. The summed E-state index contributed by atoms with van der Waals surface area (Å²) in [7, 11) is 4.16. The number of nitrogens with zero attached hydrogens (tertiary/aromatic N) is 2. The van der Waals surface area contributed by atoms with Crippen LogP contribution in [0.4, 0.5) is 5.69 Å². The van der Waals surface area contributed by atoms with Gasteiger partial charge in [-0.25, -0.2) is 0 Å². The first-order chi connectivity index (χ1) is 8.16. The van der Waals surface area contributed by atoms with Crippen molar-refractivity contribution in [3.8, 4) is 0 Å². The zero-order valence-corrected chi connectivity index (χ0v) is 10.7. The molecule has 0 atom stereocenters. The third-order valence-electron chi connectivity index (χ3n) is 2.77. The zero-order chi connectivity index (χ0) is 12.3. The standard InChI is InChI=1S/C14H19N3/c1-11-4-5-13-12(10-11)14(6-7-15-13)16-8-9-17(2)3/h4-7,10H,8-9H2,1-3H3,(H,15,16). The lowest BCUT2D eigenvalue weighted by atomic mass is 10.1. The van der Waals surface area contributed by atoms with Gasteiger partial charge in [0, 0.05) is 30.4 Å². The summed E-state index contributed by atoms with van der Waals surface area (Å²) in [5.41, 5.74) is 3.48. The maximum absolute atomic E-state index is 4.38. The second kappa shape index (κ2) is 5.15. The van der Waals surface area contributed by atoms with Crippen molar-refractivity contribution in [3.63, 3.8) is 0 Å². The maximum atomic E-state index is 4.38. The van der Waals surface area contributed by atoms with Gasteiger partial charge in [-0.05, 0) is 39.2 Å². The fraction of sp³-hybridized carbons (Fsp3) is 0.357. The quantitative estimate of drug-likeness (QED) is 0.873. The summed E-state index contributed by atoms with van der Waals surface area (Å²) >= 11 is 0. The van der Waals surface area contributed by atoms with Gasteiger partial charge in [0.05, 0.1) is 5.52 Å². The molecule has 0 saturated heterocycles. The molecule has 90 valence electrons. The van der Waals surface area contributed by atoms with E-state index in [1.54, 1.807) is 0 Å². The van der Waals surface area contributed by atoms with E-state index in [4.69, 9.17) is 0 Å². The molecule has 2 aromatic rings. The van der Waals surface area contributed by atoms with Crippen molar-refractivity contribution in [2.45, 2.75) is 6.92 Å². The first kappa shape index (κ1) is 11.9. The topological polar surface area (TPSA) is 28.2 Å². The summed E-state index contributed by atoms with van der Waals surface area (Å²) in [5.74, 6) is 0. The van der Waals surface area contributed by atoms with E-state index in [-0.39, 0.29) is 0 Å². The van der Waals surface area contributed by atoms with Gasteiger partial charge in [0.15, 0.2) is 0 Å². The van der Waals surface area contributed by atoms with Gasteiger partial charge in [0.2, 0.25) is 0 Å². The smallest absolute Gasteiger partial charge is 0.0722 e. The lowest BCUT2D eigenvalue weighted by Gasteiger charge is -2.13. The lowest BCUT2D eigenvalue weighted by Crippen LogP contribution is -2.20. The van der Waals surface area contributed by atoms with Gasteiger partial charge >= 0.3 is 0 Å². The number of nitrogens with one attached hydrogen (secondary N) is 1. The monoisotopic (exact) mass is 229 g/mol. The van der Waals surface area contributed by atoms with Crippen LogP contribution in [-0.2, 0) is 0 Å². The van der Waals surface area contributed by atoms with E-state index in [2.05, 4.69) is 54.4 Å². The molecule has 1 aromatic carbocycles.